The summed E-state index contributed by atoms with van der Waals surface area (Å²) in [5.41, 5.74) is 0.647. The molecule has 10 heteroatoms. The quantitative estimate of drug-likeness (QED) is 0.557. The molecule has 1 aromatic carbocycles. The number of pyridine rings is 1. The van der Waals surface area contributed by atoms with Gasteiger partial charge in [-0.05, 0) is 49.6 Å². The highest BCUT2D eigenvalue weighted by Gasteiger charge is 2.33. The largest absolute Gasteiger partial charge is 0.455 e. The summed E-state index contributed by atoms with van der Waals surface area (Å²) in [6.07, 6.45) is 3.42. The van der Waals surface area contributed by atoms with E-state index in [0.717, 1.165) is 0 Å². The van der Waals surface area contributed by atoms with Crippen LogP contribution < -0.4 is 0 Å². The van der Waals surface area contributed by atoms with Crippen LogP contribution in [0.5, 0.6) is 0 Å². The third-order valence-electron chi connectivity index (χ3n) is 5.39. The van der Waals surface area contributed by atoms with Crippen LogP contribution >= 0.6 is 0 Å². The van der Waals surface area contributed by atoms with Crippen LogP contribution in [0.4, 0.5) is 4.39 Å². The second-order valence-corrected chi connectivity index (χ2v) is 9.45. The number of benzene rings is 1. The van der Waals surface area contributed by atoms with Gasteiger partial charge in [-0.2, -0.15) is 4.31 Å². The molecular formula is C22H26FN3O5S. The number of piperidine rings is 1. The number of halogens is 1. The fraction of sp³-hybridized carbons (Fsp3) is 0.409. The van der Waals surface area contributed by atoms with Crippen molar-refractivity contribution in [3.05, 3.63) is 60.2 Å². The van der Waals surface area contributed by atoms with Gasteiger partial charge >= 0.3 is 5.97 Å². The molecule has 0 saturated carbocycles. The Morgan fingerprint density at radius 3 is 2.59 bits per heavy atom. The van der Waals surface area contributed by atoms with Gasteiger partial charge in [0.25, 0.3) is 5.91 Å². The van der Waals surface area contributed by atoms with Gasteiger partial charge in [-0.15, -0.1) is 0 Å². The lowest BCUT2D eigenvalue weighted by atomic mass is 9.98. The smallest absolute Gasteiger partial charge is 0.309 e. The zero-order chi connectivity index (χ0) is 23.1. The molecule has 3 rings (SSSR count). The number of amides is 1. The van der Waals surface area contributed by atoms with Crippen molar-refractivity contribution in [3.8, 4) is 0 Å². The number of aromatic nitrogens is 1. The maximum Gasteiger partial charge on any atom is 0.309 e. The molecule has 1 aromatic heterocycles. The van der Waals surface area contributed by atoms with E-state index in [1.807, 2.05) is 0 Å². The second-order valence-electron chi connectivity index (χ2n) is 7.51. The zero-order valence-corrected chi connectivity index (χ0v) is 18.6. The number of carbonyl (C=O) groups is 2. The Morgan fingerprint density at radius 1 is 1.22 bits per heavy atom. The summed E-state index contributed by atoms with van der Waals surface area (Å²) in [4.78, 5) is 30.3. The van der Waals surface area contributed by atoms with Gasteiger partial charge in [-0.25, -0.2) is 12.8 Å². The normalized spacial score (nSPS) is 15.3. The third kappa shape index (κ3) is 5.89. The van der Waals surface area contributed by atoms with Crippen molar-refractivity contribution in [2.45, 2.75) is 31.2 Å². The summed E-state index contributed by atoms with van der Waals surface area (Å²) in [5, 5.41) is 0. The molecule has 0 unspecified atom stereocenters. The summed E-state index contributed by atoms with van der Waals surface area (Å²) in [5.74, 6) is -1.74. The highest BCUT2D eigenvalue weighted by molar-refractivity contribution is 7.89. The summed E-state index contributed by atoms with van der Waals surface area (Å²) in [6.45, 7) is 2.36. The van der Waals surface area contributed by atoms with E-state index in [2.05, 4.69) is 4.98 Å². The average Bonchev–Trinajstić information content (AvgIpc) is 2.81. The second kappa shape index (κ2) is 10.6. The molecule has 172 valence electrons. The fourth-order valence-corrected chi connectivity index (χ4v) is 4.99. The van der Waals surface area contributed by atoms with Gasteiger partial charge < -0.3 is 9.64 Å². The number of likely N-dealkylation sites (N-methyl/N-ethyl adjacent to an activating group) is 1. The van der Waals surface area contributed by atoms with Crippen LogP contribution in [-0.4, -0.2) is 60.7 Å². The van der Waals surface area contributed by atoms with Crippen molar-refractivity contribution in [2.24, 2.45) is 5.92 Å². The number of rotatable bonds is 8. The Morgan fingerprint density at radius 2 is 1.97 bits per heavy atom. The van der Waals surface area contributed by atoms with Gasteiger partial charge in [0.15, 0.2) is 6.61 Å². The van der Waals surface area contributed by atoms with Crippen LogP contribution in [0.15, 0.2) is 53.7 Å². The van der Waals surface area contributed by atoms with E-state index in [1.54, 1.807) is 25.1 Å². The van der Waals surface area contributed by atoms with E-state index in [1.165, 1.54) is 39.8 Å². The van der Waals surface area contributed by atoms with Crippen molar-refractivity contribution in [3.63, 3.8) is 0 Å². The first kappa shape index (κ1) is 23.8. The summed E-state index contributed by atoms with van der Waals surface area (Å²) in [7, 11) is -3.65. The van der Waals surface area contributed by atoms with Gasteiger partial charge in [0, 0.05) is 38.6 Å². The van der Waals surface area contributed by atoms with Crippen molar-refractivity contribution in [2.75, 3.05) is 26.2 Å². The Hall–Kier alpha value is -2.85. The van der Waals surface area contributed by atoms with Crippen LogP contribution in [0.1, 0.15) is 25.3 Å². The standard InChI is InChI=1S/C22H26FN3O5S/c1-2-25(15-17-5-3-6-19(23)13-17)21(27)16-31-22(28)18-8-11-26(12-9-18)32(29,30)20-7-4-10-24-14-20/h3-7,10,13-14,18H,2,8-9,11-12,15-16H2,1H3. The third-order valence-corrected chi connectivity index (χ3v) is 7.28. The van der Waals surface area contributed by atoms with Gasteiger partial charge in [0.1, 0.15) is 10.7 Å². The van der Waals surface area contributed by atoms with Crippen LogP contribution in [0.25, 0.3) is 0 Å². The van der Waals surface area contributed by atoms with Gasteiger partial charge in [0.05, 0.1) is 5.92 Å². The minimum Gasteiger partial charge on any atom is -0.455 e. The SMILES string of the molecule is CCN(Cc1cccc(F)c1)C(=O)COC(=O)C1CCN(S(=O)(=O)c2cccnc2)CC1. The minimum absolute atomic E-state index is 0.115. The van der Waals surface area contributed by atoms with E-state index in [0.29, 0.717) is 24.9 Å². The molecule has 32 heavy (non-hydrogen) atoms. The maximum absolute atomic E-state index is 13.4. The molecule has 1 aliphatic heterocycles. The van der Waals surface area contributed by atoms with E-state index >= 15 is 0 Å². The predicted octanol–water partition coefficient (Wildman–Crippen LogP) is 2.21. The monoisotopic (exact) mass is 463 g/mol. The highest BCUT2D eigenvalue weighted by Crippen LogP contribution is 2.24. The van der Waals surface area contributed by atoms with Crippen molar-refractivity contribution < 1.29 is 27.1 Å². The number of sulfonamides is 1. The maximum atomic E-state index is 13.4. The van der Waals surface area contributed by atoms with Crippen LogP contribution in [0.3, 0.4) is 0 Å². The Bertz CT molecular complexity index is 1040. The zero-order valence-electron chi connectivity index (χ0n) is 17.8. The fourth-order valence-electron chi connectivity index (χ4n) is 3.55. The average molecular weight is 464 g/mol. The molecule has 0 aliphatic carbocycles. The molecule has 0 atom stereocenters. The molecule has 0 bridgehead atoms. The minimum atomic E-state index is -3.65. The number of esters is 1. The molecular weight excluding hydrogens is 437 g/mol. The molecule has 0 radical (unpaired) electrons. The molecule has 1 fully saturated rings. The van der Waals surface area contributed by atoms with E-state index in [4.69, 9.17) is 4.74 Å². The number of hydrogen-bond acceptors (Lipinski definition) is 6. The number of nitrogens with zero attached hydrogens (tertiary/aromatic N) is 3. The molecule has 2 aromatic rings. The summed E-state index contributed by atoms with van der Waals surface area (Å²) >= 11 is 0. The lowest BCUT2D eigenvalue weighted by Crippen LogP contribution is -2.41. The molecule has 1 saturated heterocycles. The van der Waals surface area contributed by atoms with Gasteiger partial charge in [-0.1, -0.05) is 12.1 Å². The van der Waals surface area contributed by atoms with Gasteiger partial charge in [0.2, 0.25) is 10.0 Å². The highest BCUT2D eigenvalue weighted by atomic mass is 32.2. The van der Waals surface area contributed by atoms with Crippen molar-refractivity contribution in [1.29, 1.82) is 0 Å². The molecule has 2 heterocycles. The summed E-state index contributed by atoms with van der Waals surface area (Å²) in [6, 6.07) is 9.02. The van der Waals surface area contributed by atoms with E-state index in [9.17, 15) is 22.4 Å². The lowest BCUT2D eigenvalue weighted by molar-refractivity contribution is -0.156. The predicted molar refractivity (Wildman–Crippen MR) is 114 cm³/mol. The van der Waals surface area contributed by atoms with E-state index in [-0.39, 0.29) is 36.3 Å². The molecule has 1 amide bonds. The first-order valence-corrected chi connectivity index (χ1v) is 11.8. The first-order valence-electron chi connectivity index (χ1n) is 10.4. The van der Waals surface area contributed by atoms with Crippen LogP contribution in [-0.2, 0) is 30.9 Å². The summed E-state index contributed by atoms with van der Waals surface area (Å²) < 4.78 is 45.2. The van der Waals surface area contributed by atoms with E-state index < -0.39 is 28.5 Å². The van der Waals surface area contributed by atoms with Crippen molar-refractivity contribution in [1.82, 2.24) is 14.2 Å². The Labute approximate surface area is 187 Å². The lowest BCUT2D eigenvalue weighted by Gasteiger charge is -2.30. The van der Waals surface area contributed by atoms with Crippen LogP contribution in [0, 0.1) is 11.7 Å². The Balaban J connectivity index is 1.49. The molecule has 0 N–H and O–H groups in total. The molecule has 1 aliphatic rings. The van der Waals surface area contributed by atoms with Gasteiger partial charge in [-0.3, -0.25) is 14.6 Å². The number of ether oxygens (including phenoxy) is 1. The molecule has 0 spiro atoms. The molecule has 8 nitrogen and oxygen atoms in total. The Kier molecular flexibility index (Phi) is 7.92. The topological polar surface area (TPSA) is 96.9 Å². The number of hydrogen-bond donors (Lipinski definition) is 0. The van der Waals surface area contributed by atoms with Crippen molar-refractivity contribution >= 4 is 21.9 Å². The first-order chi connectivity index (χ1) is 15.3. The van der Waals surface area contributed by atoms with Crippen LogP contribution in [0.2, 0.25) is 0 Å². The number of carbonyl (C=O) groups excluding carboxylic acids is 2.